The summed E-state index contributed by atoms with van der Waals surface area (Å²) in [6, 6.07) is 8.24. The third kappa shape index (κ3) is 3.14. The van der Waals surface area contributed by atoms with Crippen molar-refractivity contribution in [2.75, 3.05) is 19.6 Å². The van der Waals surface area contributed by atoms with Crippen LogP contribution in [0.15, 0.2) is 28.8 Å². The highest BCUT2D eigenvalue weighted by molar-refractivity contribution is 5.83. The molecule has 0 spiro atoms. The van der Waals surface area contributed by atoms with E-state index >= 15 is 0 Å². The Kier molecular flexibility index (Phi) is 4.76. The Bertz CT molecular complexity index is 873. The molecule has 6 nitrogen and oxygen atoms in total. The van der Waals surface area contributed by atoms with E-state index in [4.69, 9.17) is 14.6 Å². The van der Waals surface area contributed by atoms with Gasteiger partial charge in [0.25, 0.3) is 5.95 Å². The molecular formula is C20H27N5O. The second-order valence-corrected chi connectivity index (χ2v) is 7.52. The van der Waals surface area contributed by atoms with Gasteiger partial charge in [-0.05, 0) is 56.0 Å². The number of benzene rings is 1. The second-order valence-electron chi connectivity index (χ2n) is 7.52. The molecule has 138 valence electrons. The Morgan fingerprint density at radius 1 is 1.19 bits per heavy atom. The molecule has 0 aliphatic carbocycles. The first-order valence-electron chi connectivity index (χ1n) is 9.71. The molecule has 1 saturated heterocycles. The van der Waals surface area contributed by atoms with Gasteiger partial charge in [-0.2, -0.15) is 14.8 Å². The Morgan fingerprint density at radius 3 is 2.69 bits per heavy atom. The van der Waals surface area contributed by atoms with Gasteiger partial charge in [-0.3, -0.25) is 0 Å². The molecule has 0 amide bonds. The van der Waals surface area contributed by atoms with Gasteiger partial charge in [-0.25, -0.2) is 0 Å². The van der Waals surface area contributed by atoms with Crippen LogP contribution < -0.4 is 0 Å². The van der Waals surface area contributed by atoms with Crippen molar-refractivity contribution in [3.05, 3.63) is 35.9 Å². The molecule has 0 N–H and O–H groups in total. The topological polar surface area (TPSA) is 60.0 Å². The Hall–Kier alpha value is -2.21. The van der Waals surface area contributed by atoms with Crippen molar-refractivity contribution in [3.8, 4) is 5.95 Å². The quantitative estimate of drug-likeness (QED) is 0.690. The fourth-order valence-corrected chi connectivity index (χ4v) is 3.87. The minimum atomic E-state index is 0.343. The van der Waals surface area contributed by atoms with Crippen molar-refractivity contribution in [2.24, 2.45) is 0 Å². The largest absolute Gasteiger partial charge is 0.337 e. The van der Waals surface area contributed by atoms with Gasteiger partial charge in [0, 0.05) is 11.3 Å². The summed E-state index contributed by atoms with van der Waals surface area (Å²) < 4.78 is 7.46. The lowest BCUT2D eigenvalue weighted by Gasteiger charge is -2.29. The molecule has 0 bridgehead atoms. The number of fused-ring (bicyclic) bond motifs is 1. The van der Waals surface area contributed by atoms with E-state index in [1.54, 1.807) is 0 Å². The summed E-state index contributed by atoms with van der Waals surface area (Å²) in [5.74, 6) is 1.99. The van der Waals surface area contributed by atoms with Gasteiger partial charge in [-0.1, -0.05) is 39.0 Å². The number of para-hydroxylation sites is 1. The predicted octanol–water partition coefficient (Wildman–Crippen LogP) is 4.12. The number of likely N-dealkylation sites (tertiary alicyclic amines) is 1. The Morgan fingerprint density at radius 2 is 1.96 bits per heavy atom. The van der Waals surface area contributed by atoms with Crippen LogP contribution in [0.4, 0.5) is 0 Å². The summed E-state index contributed by atoms with van der Waals surface area (Å²) in [7, 11) is 0. The highest BCUT2D eigenvalue weighted by Crippen LogP contribution is 2.29. The van der Waals surface area contributed by atoms with Gasteiger partial charge in [0.2, 0.25) is 5.89 Å². The molecular weight excluding hydrogens is 326 g/mol. The van der Waals surface area contributed by atoms with E-state index in [0.717, 1.165) is 48.4 Å². The van der Waals surface area contributed by atoms with Crippen LogP contribution in [-0.4, -0.2) is 44.5 Å². The molecule has 0 saturated carbocycles. The molecule has 0 radical (unpaired) electrons. The average Bonchev–Trinajstić information content (AvgIpc) is 3.27. The summed E-state index contributed by atoms with van der Waals surface area (Å²) in [6.07, 6.45) is 3.37. The molecule has 6 heteroatoms. The first kappa shape index (κ1) is 17.2. The van der Waals surface area contributed by atoms with Gasteiger partial charge < -0.3 is 9.42 Å². The zero-order valence-electron chi connectivity index (χ0n) is 15.9. The first-order chi connectivity index (χ1) is 12.7. The Balaban J connectivity index is 1.60. The van der Waals surface area contributed by atoms with Crippen molar-refractivity contribution in [1.29, 1.82) is 0 Å². The Labute approximate surface area is 154 Å². The van der Waals surface area contributed by atoms with Crippen LogP contribution in [0.5, 0.6) is 0 Å². The molecule has 0 unspecified atom stereocenters. The highest BCUT2D eigenvalue weighted by atomic mass is 16.5. The van der Waals surface area contributed by atoms with Crippen LogP contribution in [0, 0.1) is 0 Å². The van der Waals surface area contributed by atoms with Crippen LogP contribution in [0.3, 0.4) is 0 Å². The highest BCUT2D eigenvalue weighted by Gasteiger charge is 2.26. The van der Waals surface area contributed by atoms with Gasteiger partial charge in [0.15, 0.2) is 0 Å². The van der Waals surface area contributed by atoms with Gasteiger partial charge in [0.1, 0.15) is 0 Å². The number of nitrogens with zero attached hydrogens (tertiary/aromatic N) is 5. The third-order valence-electron chi connectivity index (χ3n) is 5.26. The lowest BCUT2D eigenvalue weighted by Crippen LogP contribution is -2.33. The average molecular weight is 353 g/mol. The van der Waals surface area contributed by atoms with Crippen LogP contribution in [0.2, 0.25) is 0 Å². The lowest BCUT2D eigenvalue weighted by molar-refractivity contribution is 0.194. The molecule has 26 heavy (non-hydrogen) atoms. The van der Waals surface area contributed by atoms with Crippen molar-refractivity contribution in [3.63, 3.8) is 0 Å². The third-order valence-corrected chi connectivity index (χ3v) is 5.26. The summed E-state index contributed by atoms with van der Waals surface area (Å²) in [5, 5.41) is 10.2. The van der Waals surface area contributed by atoms with Crippen molar-refractivity contribution in [2.45, 2.75) is 51.9 Å². The van der Waals surface area contributed by atoms with Crippen LogP contribution in [-0.2, 0) is 0 Å². The second kappa shape index (κ2) is 7.19. The van der Waals surface area contributed by atoms with E-state index < -0.39 is 0 Å². The fraction of sp³-hybridized carbons (Fsp3) is 0.550. The van der Waals surface area contributed by atoms with E-state index in [-0.39, 0.29) is 0 Å². The fourth-order valence-electron chi connectivity index (χ4n) is 3.87. The molecule has 2 aromatic heterocycles. The van der Waals surface area contributed by atoms with Crippen LogP contribution in [0.25, 0.3) is 16.9 Å². The van der Waals surface area contributed by atoms with E-state index in [0.29, 0.717) is 17.8 Å². The van der Waals surface area contributed by atoms with Gasteiger partial charge >= 0.3 is 0 Å². The van der Waals surface area contributed by atoms with Crippen LogP contribution in [0.1, 0.15) is 63.5 Å². The number of rotatable bonds is 5. The summed E-state index contributed by atoms with van der Waals surface area (Å²) in [6.45, 7) is 9.95. The molecule has 1 aliphatic heterocycles. The SMILES string of the molecule is CCCN1CCC(c2nc(-n3nc(C(C)C)c4ccccc43)no2)CC1. The van der Waals surface area contributed by atoms with E-state index in [1.165, 1.54) is 13.0 Å². The molecule has 3 aromatic rings. The molecule has 0 atom stereocenters. The van der Waals surface area contributed by atoms with Crippen LogP contribution >= 0.6 is 0 Å². The minimum absolute atomic E-state index is 0.343. The zero-order chi connectivity index (χ0) is 18.1. The zero-order valence-corrected chi connectivity index (χ0v) is 15.9. The maximum atomic E-state index is 5.63. The predicted molar refractivity (Wildman–Crippen MR) is 102 cm³/mol. The van der Waals surface area contributed by atoms with E-state index in [1.807, 2.05) is 16.8 Å². The molecule has 1 fully saturated rings. The van der Waals surface area contributed by atoms with E-state index in [2.05, 4.69) is 43.0 Å². The van der Waals surface area contributed by atoms with Crippen molar-refractivity contribution < 1.29 is 4.52 Å². The number of piperidine rings is 1. The van der Waals surface area contributed by atoms with Gasteiger partial charge in [0.05, 0.1) is 11.2 Å². The molecule has 3 heterocycles. The lowest BCUT2D eigenvalue weighted by atomic mass is 9.97. The molecule has 1 aliphatic rings. The monoisotopic (exact) mass is 353 g/mol. The smallest absolute Gasteiger partial charge is 0.291 e. The standard InChI is InChI=1S/C20H27N5O/c1-4-11-24-12-9-15(10-13-24)19-21-20(23-26-19)25-17-8-6-5-7-16(17)18(22-25)14(2)3/h5-8,14-15H,4,9-13H2,1-3H3. The van der Waals surface area contributed by atoms with Crippen molar-refractivity contribution in [1.82, 2.24) is 24.8 Å². The maximum Gasteiger partial charge on any atom is 0.291 e. The summed E-state index contributed by atoms with van der Waals surface area (Å²) in [4.78, 5) is 7.22. The number of hydrogen-bond donors (Lipinski definition) is 0. The summed E-state index contributed by atoms with van der Waals surface area (Å²) >= 11 is 0. The normalized spacial score (nSPS) is 16.8. The molecule has 4 rings (SSSR count). The maximum absolute atomic E-state index is 5.63. The molecule has 1 aromatic carbocycles. The van der Waals surface area contributed by atoms with E-state index in [9.17, 15) is 0 Å². The van der Waals surface area contributed by atoms with Gasteiger partial charge in [-0.15, -0.1) is 0 Å². The van der Waals surface area contributed by atoms with Crippen molar-refractivity contribution >= 4 is 10.9 Å². The first-order valence-corrected chi connectivity index (χ1v) is 9.71. The number of hydrogen-bond acceptors (Lipinski definition) is 5. The summed E-state index contributed by atoms with van der Waals surface area (Å²) in [5.41, 5.74) is 2.10. The minimum Gasteiger partial charge on any atom is -0.337 e. The number of aromatic nitrogens is 4.